The van der Waals surface area contributed by atoms with E-state index in [-0.39, 0.29) is 5.91 Å². The van der Waals surface area contributed by atoms with E-state index >= 15 is 0 Å². The van der Waals surface area contributed by atoms with E-state index in [1.54, 1.807) is 12.1 Å². The third kappa shape index (κ3) is 4.09. The van der Waals surface area contributed by atoms with Crippen molar-refractivity contribution in [3.05, 3.63) is 35.4 Å². The molecule has 1 aromatic rings. The van der Waals surface area contributed by atoms with Crippen LogP contribution in [0.5, 0.6) is 0 Å². The molecular formula is C17H22N2O. The fourth-order valence-corrected chi connectivity index (χ4v) is 2.85. The first-order chi connectivity index (χ1) is 9.69. The van der Waals surface area contributed by atoms with Crippen molar-refractivity contribution < 1.29 is 4.79 Å². The van der Waals surface area contributed by atoms with Crippen molar-refractivity contribution in [2.75, 3.05) is 0 Å². The maximum Gasteiger partial charge on any atom is 0.224 e. The maximum atomic E-state index is 12.1. The second kappa shape index (κ2) is 7.09. The Hall–Kier alpha value is -1.82. The zero-order valence-corrected chi connectivity index (χ0v) is 12.1. The van der Waals surface area contributed by atoms with Crippen LogP contribution >= 0.6 is 0 Å². The number of nitriles is 1. The van der Waals surface area contributed by atoms with Gasteiger partial charge in [-0.3, -0.25) is 4.79 Å². The van der Waals surface area contributed by atoms with E-state index in [4.69, 9.17) is 5.26 Å². The van der Waals surface area contributed by atoms with E-state index in [0.29, 0.717) is 23.9 Å². The van der Waals surface area contributed by atoms with E-state index in [1.807, 2.05) is 12.1 Å². The van der Waals surface area contributed by atoms with Crippen molar-refractivity contribution in [3.8, 4) is 6.07 Å². The van der Waals surface area contributed by atoms with Gasteiger partial charge < -0.3 is 5.32 Å². The third-order valence-electron chi connectivity index (χ3n) is 4.16. The number of amides is 1. The maximum absolute atomic E-state index is 12.1. The fourth-order valence-electron chi connectivity index (χ4n) is 2.85. The number of nitrogens with zero attached hydrogens (tertiary/aromatic N) is 1. The monoisotopic (exact) mass is 270 g/mol. The minimum atomic E-state index is 0.0912. The summed E-state index contributed by atoms with van der Waals surface area (Å²) >= 11 is 0. The number of nitrogens with one attached hydrogen (secondary N) is 1. The van der Waals surface area contributed by atoms with Gasteiger partial charge in [-0.15, -0.1) is 0 Å². The second-order valence-corrected chi connectivity index (χ2v) is 5.77. The molecule has 0 bridgehead atoms. The Balaban J connectivity index is 1.89. The normalized spacial score (nSPS) is 22.6. The van der Waals surface area contributed by atoms with Crippen molar-refractivity contribution in [2.45, 2.75) is 51.5 Å². The Morgan fingerprint density at radius 3 is 2.65 bits per heavy atom. The van der Waals surface area contributed by atoms with Gasteiger partial charge in [0.25, 0.3) is 0 Å². The van der Waals surface area contributed by atoms with Gasteiger partial charge in [-0.2, -0.15) is 5.26 Å². The standard InChI is InChI=1S/C17H22N2O/c1-13-5-3-2-4-6-16(13)19-17(20)11-14-7-9-15(12-18)10-8-14/h7-10,13,16H,2-6,11H2,1H3,(H,19,20). The number of rotatable bonds is 3. The minimum absolute atomic E-state index is 0.0912. The van der Waals surface area contributed by atoms with Gasteiger partial charge in [-0.05, 0) is 36.5 Å². The van der Waals surface area contributed by atoms with Gasteiger partial charge in [0.2, 0.25) is 5.91 Å². The Kier molecular flexibility index (Phi) is 5.17. The average Bonchev–Trinajstić information content (AvgIpc) is 2.65. The third-order valence-corrected chi connectivity index (χ3v) is 4.16. The summed E-state index contributed by atoms with van der Waals surface area (Å²) in [5.74, 6) is 0.663. The fraction of sp³-hybridized carbons (Fsp3) is 0.529. The average molecular weight is 270 g/mol. The van der Waals surface area contributed by atoms with Gasteiger partial charge in [0.1, 0.15) is 0 Å². The highest BCUT2D eigenvalue weighted by Crippen LogP contribution is 2.23. The van der Waals surface area contributed by atoms with Gasteiger partial charge in [-0.25, -0.2) is 0 Å². The SMILES string of the molecule is CC1CCCCCC1NC(=O)Cc1ccc(C#N)cc1. The zero-order chi connectivity index (χ0) is 14.4. The largest absolute Gasteiger partial charge is 0.353 e. The highest BCUT2D eigenvalue weighted by Gasteiger charge is 2.21. The summed E-state index contributed by atoms with van der Waals surface area (Å²) in [4.78, 5) is 12.1. The van der Waals surface area contributed by atoms with Crippen LogP contribution in [0, 0.1) is 17.2 Å². The van der Waals surface area contributed by atoms with E-state index < -0.39 is 0 Å². The van der Waals surface area contributed by atoms with Gasteiger partial charge in [0.15, 0.2) is 0 Å². The highest BCUT2D eigenvalue weighted by molar-refractivity contribution is 5.78. The van der Waals surface area contributed by atoms with E-state index in [9.17, 15) is 4.79 Å². The first-order valence-corrected chi connectivity index (χ1v) is 7.47. The predicted molar refractivity (Wildman–Crippen MR) is 79.0 cm³/mol. The molecule has 106 valence electrons. The molecule has 0 aliphatic heterocycles. The van der Waals surface area contributed by atoms with Crippen LogP contribution in [0.4, 0.5) is 0 Å². The molecule has 2 atom stereocenters. The molecule has 3 heteroatoms. The predicted octanol–water partition coefficient (Wildman–Crippen LogP) is 3.19. The molecule has 20 heavy (non-hydrogen) atoms. The first-order valence-electron chi connectivity index (χ1n) is 7.47. The van der Waals surface area contributed by atoms with Crippen molar-refractivity contribution in [3.63, 3.8) is 0 Å². The number of carbonyl (C=O) groups excluding carboxylic acids is 1. The lowest BCUT2D eigenvalue weighted by Crippen LogP contribution is -2.39. The Labute approximate surface area is 121 Å². The minimum Gasteiger partial charge on any atom is -0.353 e. The lowest BCUT2D eigenvalue weighted by Gasteiger charge is -2.22. The molecule has 0 heterocycles. The topological polar surface area (TPSA) is 52.9 Å². The van der Waals surface area contributed by atoms with Crippen molar-refractivity contribution >= 4 is 5.91 Å². The smallest absolute Gasteiger partial charge is 0.224 e. The van der Waals surface area contributed by atoms with Crippen molar-refractivity contribution in [1.29, 1.82) is 5.26 Å². The molecule has 1 saturated carbocycles. The van der Waals surface area contributed by atoms with Crippen LogP contribution in [0.3, 0.4) is 0 Å². The molecule has 0 spiro atoms. The molecule has 0 radical (unpaired) electrons. The molecule has 1 N–H and O–H groups in total. The Morgan fingerprint density at radius 1 is 1.25 bits per heavy atom. The lowest BCUT2D eigenvalue weighted by molar-refractivity contribution is -0.121. The summed E-state index contributed by atoms with van der Waals surface area (Å²) in [5.41, 5.74) is 1.59. The molecule has 1 aliphatic rings. The Bertz CT molecular complexity index is 487. The summed E-state index contributed by atoms with van der Waals surface area (Å²) in [6.45, 7) is 2.23. The van der Waals surface area contributed by atoms with Gasteiger partial charge in [0.05, 0.1) is 18.1 Å². The van der Waals surface area contributed by atoms with Crippen LogP contribution in [0.2, 0.25) is 0 Å². The van der Waals surface area contributed by atoms with E-state index in [0.717, 1.165) is 12.0 Å². The highest BCUT2D eigenvalue weighted by atomic mass is 16.1. The molecule has 0 aromatic heterocycles. The van der Waals surface area contributed by atoms with Gasteiger partial charge in [0, 0.05) is 6.04 Å². The molecule has 1 aromatic carbocycles. The summed E-state index contributed by atoms with van der Waals surface area (Å²) in [6, 6.07) is 9.64. The van der Waals surface area contributed by atoms with Gasteiger partial charge in [-0.1, -0.05) is 38.3 Å². The van der Waals surface area contributed by atoms with Crippen molar-refractivity contribution in [1.82, 2.24) is 5.32 Å². The number of hydrogen-bond acceptors (Lipinski definition) is 2. The molecule has 1 amide bonds. The quantitative estimate of drug-likeness (QED) is 0.858. The van der Waals surface area contributed by atoms with Crippen LogP contribution in [-0.2, 0) is 11.2 Å². The van der Waals surface area contributed by atoms with Crippen LogP contribution in [0.15, 0.2) is 24.3 Å². The summed E-state index contributed by atoms with van der Waals surface area (Å²) in [7, 11) is 0. The molecule has 2 unspecified atom stereocenters. The van der Waals surface area contributed by atoms with Gasteiger partial charge >= 0.3 is 0 Å². The van der Waals surface area contributed by atoms with Crippen LogP contribution < -0.4 is 5.32 Å². The summed E-state index contributed by atoms with van der Waals surface area (Å²) in [5, 5.41) is 11.9. The number of carbonyl (C=O) groups is 1. The number of benzene rings is 1. The Morgan fingerprint density at radius 2 is 1.95 bits per heavy atom. The number of hydrogen-bond donors (Lipinski definition) is 1. The lowest BCUT2D eigenvalue weighted by atomic mass is 9.96. The van der Waals surface area contributed by atoms with Crippen LogP contribution in [0.1, 0.15) is 50.2 Å². The molecule has 0 saturated heterocycles. The molecule has 2 rings (SSSR count). The van der Waals surface area contributed by atoms with Crippen molar-refractivity contribution in [2.24, 2.45) is 5.92 Å². The molecule has 1 fully saturated rings. The zero-order valence-electron chi connectivity index (χ0n) is 12.1. The van der Waals surface area contributed by atoms with E-state index in [1.165, 1.54) is 25.7 Å². The van der Waals surface area contributed by atoms with Crippen LogP contribution in [0.25, 0.3) is 0 Å². The molecule has 1 aliphatic carbocycles. The second-order valence-electron chi connectivity index (χ2n) is 5.77. The van der Waals surface area contributed by atoms with E-state index in [2.05, 4.69) is 18.3 Å². The summed E-state index contributed by atoms with van der Waals surface area (Å²) < 4.78 is 0. The summed E-state index contributed by atoms with van der Waals surface area (Å²) in [6.07, 6.45) is 6.48. The molecule has 3 nitrogen and oxygen atoms in total. The first kappa shape index (κ1) is 14.6. The van der Waals surface area contributed by atoms with Crippen LogP contribution in [-0.4, -0.2) is 11.9 Å². The molecular weight excluding hydrogens is 248 g/mol.